The van der Waals surface area contributed by atoms with E-state index in [1.54, 1.807) is 0 Å². The van der Waals surface area contributed by atoms with Gasteiger partial charge in [-0.15, -0.1) is 0 Å². The molecule has 5 nitrogen and oxygen atoms in total. The van der Waals surface area contributed by atoms with Gasteiger partial charge in [-0.25, -0.2) is 0 Å². The molecule has 1 amide bonds. The molecular formula is C14H29N3O2. The van der Waals surface area contributed by atoms with Crippen LogP contribution in [0, 0.1) is 5.92 Å². The Bertz CT molecular complexity index is 261. The van der Waals surface area contributed by atoms with Crippen molar-refractivity contribution >= 4 is 5.91 Å². The van der Waals surface area contributed by atoms with Crippen LogP contribution in [0.15, 0.2) is 0 Å². The second-order valence-corrected chi connectivity index (χ2v) is 5.50. The van der Waals surface area contributed by atoms with Gasteiger partial charge in [0.1, 0.15) is 0 Å². The van der Waals surface area contributed by atoms with Crippen molar-refractivity contribution in [1.29, 1.82) is 0 Å². The summed E-state index contributed by atoms with van der Waals surface area (Å²) in [5.74, 6) is -0.112. The highest BCUT2D eigenvalue weighted by molar-refractivity contribution is 5.76. The van der Waals surface area contributed by atoms with Gasteiger partial charge in [0.15, 0.2) is 0 Å². The van der Waals surface area contributed by atoms with Crippen molar-refractivity contribution in [3.63, 3.8) is 0 Å². The number of hydrogen-bond donors (Lipinski definition) is 3. The first-order valence-corrected chi connectivity index (χ1v) is 7.49. The van der Waals surface area contributed by atoms with E-state index in [-0.39, 0.29) is 17.9 Å². The molecule has 0 bridgehead atoms. The van der Waals surface area contributed by atoms with E-state index >= 15 is 0 Å². The third kappa shape index (κ3) is 5.89. The Hall–Kier alpha value is -0.650. The summed E-state index contributed by atoms with van der Waals surface area (Å²) in [6, 6.07) is 0.418. The van der Waals surface area contributed by atoms with E-state index < -0.39 is 0 Å². The van der Waals surface area contributed by atoms with Crippen LogP contribution in [-0.2, 0) is 4.79 Å². The van der Waals surface area contributed by atoms with E-state index in [1.165, 1.54) is 0 Å². The monoisotopic (exact) mass is 271 g/mol. The van der Waals surface area contributed by atoms with Gasteiger partial charge >= 0.3 is 0 Å². The van der Waals surface area contributed by atoms with Crippen LogP contribution in [0.25, 0.3) is 0 Å². The third-order valence-corrected chi connectivity index (χ3v) is 4.14. The molecule has 1 aliphatic carbocycles. The second kappa shape index (κ2) is 8.51. The molecule has 1 fully saturated rings. The minimum Gasteiger partial charge on any atom is -0.390 e. The highest BCUT2D eigenvalue weighted by Gasteiger charge is 2.24. The highest BCUT2D eigenvalue weighted by Crippen LogP contribution is 2.23. The first-order chi connectivity index (χ1) is 9.06. The fourth-order valence-electron chi connectivity index (χ4n) is 2.73. The van der Waals surface area contributed by atoms with Crippen LogP contribution < -0.4 is 11.1 Å². The molecule has 0 heterocycles. The maximum Gasteiger partial charge on any atom is 0.220 e. The van der Waals surface area contributed by atoms with Crippen molar-refractivity contribution in [2.45, 2.75) is 51.7 Å². The molecule has 0 radical (unpaired) electrons. The first kappa shape index (κ1) is 16.4. The van der Waals surface area contributed by atoms with Gasteiger partial charge in [-0.3, -0.25) is 4.79 Å². The van der Waals surface area contributed by atoms with E-state index in [0.717, 1.165) is 45.3 Å². The van der Waals surface area contributed by atoms with Gasteiger partial charge in [-0.1, -0.05) is 13.8 Å². The Kier molecular flexibility index (Phi) is 7.34. The lowest BCUT2D eigenvalue weighted by atomic mass is 9.85. The number of primary amides is 1. The largest absolute Gasteiger partial charge is 0.390 e. The van der Waals surface area contributed by atoms with Crippen molar-refractivity contribution in [3.8, 4) is 0 Å². The molecule has 1 atom stereocenters. The van der Waals surface area contributed by atoms with Crippen molar-refractivity contribution in [2.24, 2.45) is 11.7 Å². The fraction of sp³-hybridized carbons (Fsp3) is 0.929. The quantitative estimate of drug-likeness (QED) is 0.594. The van der Waals surface area contributed by atoms with E-state index in [9.17, 15) is 9.90 Å². The number of nitrogens with two attached hydrogens (primary N) is 1. The average molecular weight is 271 g/mol. The average Bonchev–Trinajstić information content (AvgIpc) is 2.43. The van der Waals surface area contributed by atoms with Crippen molar-refractivity contribution in [2.75, 3.05) is 26.2 Å². The Morgan fingerprint density at radius 1 is 1.32 bits per heavy atom. The predicted octanol–water partition coefficient (Wildman–Crippen LogP) is 0.323. The second-order valence-electron chi connectivity index (χ2n) is 5.50. The number of carbonyl (C=O) groups excluding carboxylic acids is 1. The van der Waals surface area contributed by atoms with Crippen LogP contribution in [0.5, 0.6) is 0 Å². The summed E-state index contributed by atoms with van der Waals surface area (Å²) in [5, 5.41) is 13.4. The molecule has 0 aromatic rings. The van der Waals surface area contributed by atoms with Gasteiger partial charge in [0.25, 0.3) is 0 Å². The number of nitrogens with zero attached hydrogens (tertiary/aromatic N) is 1. The summed E-state index contributed by atoms with van der Waals surface area (Å²) in [6.45, 7) is 7.50. The van der Waals surface area contributed by atoms with Gasteiger partial charge in [-0.2, -0.15) is 0 Å². The fourth-order valence-corrected chi connectivity index (χ4v) is 2.73. The van der Waals surface area contributed by atoms with Crippen molar-refractivity contribution in [1.82, 2.24) is 10.2 Å². The molecule has 4 N–H and O–H groups in total. The molecule has 0 spiro atoms. The van der Waals surface area contributed by atoms with E-state index in [4.69, 9.17) is 5.73 Å². The number of nitrogens with one attached hydrogen (secondary N) is 1. The van der Waals surface area contributed by atoms with Gasteiger partial charge in [0, 0.05) is 25.0 Å². The smallest absolute Gasteiger partial charge is 0.220 e. The minimum absolute atomic E-state index is 0.0543. The molecule has 0 aromatic heterocycles. The molecule has 0 aromatic carbocycles. The number of rotatable bonds is 8. The lowest BCUT2D eigenvalue weighted by Crippen LogP contribution is -2.43. The predicted molar refractivity (Wildman–Crippen MR) is 76.7 cm³/mol. The molecule has 1 aliphatic rings. The van der Waals surface area contributed by atoms with Gasteiger partial charge in [0.2, 0.25) is 5.91 Å². The summed E-state index contributed by atoms with van der Waals surface area (Å²) in [5.41, 5.74) is 5.32. The zero-order chi connectivity index (χ0) is 14.3. The van der Waals surface area contributed by atoms with Crippen molar-refractivity contribution < 1.29 is 9.90 Å². The lowest BCUT2D eigenvalue weighted by Gasteiger charge is -2.29. The lowest BCUT2D eigenvalue weighted by molar-refractivity contribution is -0.122. The summed E-state index contributed by atoms with van der Waals surface area (Å²) >= 11 is 0. The summed E-state index contributed by atoms with van der Waals surface area (Å²) in [4.78, 5) is 13.3. The Labute approximate surface area is 116 Å². The number of likely N-dealkylation sites (N-methyl/N-ethyl adjacent to an activating group) is 1. The Morgan fingerprint density at radius 2 is 1.89 bits per heavy atom. The van der Waals surface area contributed by atoms with E-state index in [2.05, 4.69) is 24.1 Å². The number of amides is 1. The Morgan fingerprint density at radius 3 is 2.37 bits per heavy atom. The first-order valence-electron chi connectivity index (χ1n) is 7.49. The molecule has 5 heteroatoms. The maximum absolute atomic E-state index is 11.1. The zero-order valence-corrected chi connectivity index (χ0v) is 12.3. The Balaban J connectivity index is 2.18. The molecule has 1 unspecified atom stereocenters. The number of carbonyl (C=O) groups is 1. The minimum atomic E-state index is -0.325. The molecule has 0 aliphatic heterocycles. The van der Waals surface area contributed by atoms with E-state index in [1.807, 2.05) is 0 Å². The molecule has 19 heavy (non-hydrogen) atoms. The van der Waals surface area contributed by atoms with E-state index in [0.29, 0.717) is 12.6 Å². The standard InChI is InChI=1S/C14H29N3O2/c1-3-17(4-2)10-13(18)9-16-12-7-5-11(6-8-12)14(15)19/h11-13,16,18H,3-10H2,1-2H3,(H2,15,19). The van der Waals surface area contributed by atoms with Gasteiger partial charge < -0.3 is 21.1 Å². The number of hydrogen-bond acceptors (Lipinski definition) is 4. The summed E-state index contributed by atoms with van der Waals surface area (Å²) in [6.07, 6.45) is 3.38. The third-order valence-electron chi connectivity index (χ3n) is 4.14. The number of aliphatic hydroxyl groups excluding tert-OH is 1. The van der Waals surface area contributed by atoms with Gasteiger partial charge in [0.05, 0.1) is 6.10 Å². The van der Waals surface area contributed by atoms with Crippen LogP contribution in [0.2, 0.25) is 0 Å². The van der Waals surface area contributed by atoms with Crippen molar-refractivity contribution in [3.05, 3.63) is 0 Å². The SMILES string of the molecule is CCN(CC)CC(O)CNC1CCC(C(N)=O)CC1. The molecular weight excluding hydrogens is 242 g/mol. The maximum atomic E-state index is 11.1. The highest BCUT2D eigenvalue weighted by atomic mass is 16.3. The molecule has 1 saturated carbocycles. The van der Waals surface area contributed by atoms with Crippen LogP contribution >= 0.6 is 0 Å². The molecule has 0 saturated heterocycles. The molecule has 1 rings (SSSR count). The van der Waals surface area contributed by atoms with Crippen LogP contribution in [0.1, 0.15) is 39.5 Å². The summed E-state index contributed by atoms with van der Waals surface area (Å²) in [7, 11) is 0. The normalized spacial score (nSPS) is 25.5. The van der Waals surface area contributed by atoms with Crippen LogP contribution in [0.3, 0.4) is 0 Å². The number of aliphatic hydroxyl groups is 1. The van der Waals surface area contributed by atoms with Crippen LogP contribution in [-0.4, -0.2) is 54.2 Å². The topological polar surface area (TPSA) is 78.6 Å². The van der Waals surface area contributed by atoms with Gasteiger partial charge in [-0.05, 0) is 38.8 Å². The van der Waals surface area contributed by atoms with Crippen LogP contribution in [0.4, 0.5) is 0 Å². The zero-order valence-electron chi connectivity index (χ0n) is 12.3. The molecule has 112 valence electrons. The summed E-state index contributed by atoms with van der Waals surface area (Å²) < 4.78 is 0.